The lowest BCUT2D eigenvalue weighted by Gasteiger charge is -2.17. The third-order valence-corrected chi connectivity index (χ3v) is 3.91. The molecule has 0 saturated carbocycles. The number of ether oxygens (including phenoxy) is 1. The fourth-order valence-electron chi connectivity index (χ4n) is 1.31. The van der Waals surface area contributed by atoms with Gasteiger partial charge in [0.1, 0.15) is 0 Å². The Morgan fingerprint density at radius 2 is 2.21 bits per heavy atom. The van der Waals surface area contributed by atoms with Crippen molar-refractivity contribution < 1.29 is 17.9 Å². The molecule has 106 valence electrons. The van der Waals surface area contributed by atoms with Gasteiger partial charge in [-0.1, -0.05) is 0 Å². The maximum absolute atomic E-state index is 12.0. The largest absolute Gasteiger partial charge is 0.469 e. The van der Waals surface area contributed by atoms with Crippen molar-refractivity contribution in [3.63, 3.8) is 0 Å². The minimum Gasteiger partial charge on any atom is -0.469 e. The van der Waals surface area contributed by atoms with Crippen LogP contribution in [-0.2, 0) is 19.7 Å². The molecule has 0 saturated heterocycles. The summed E-state index contributed by atoms with van der Waals surface area (Å²) >= 11 is 0. The Labute approximate surface area is 112 Å². The summed E-state index contributed by atoms with van der Waals surface area (Å²) < 4.78 is 31.8. The number of esters is 1. The van der Waals surface area contributed by atoms with Crippen LogP contribution >= 0.6 is 0 Å². The molecule has 0 aliphatic rings. The quantitative estimate of drug-likeness (QED) is 0.771. The van der Waals surface area contributed by atoms with Crippen LogP contribution in [0.2, 0.25) is 0 Å². The third-order valence-electron chi connectivity index (χ3n) is 2.41. The number of anilines is 1. The van der Waals surface area contributed by atoms with Crippen LogP contribution < -0.4 is 4.72 Å². The van der Waals surface area contributed by atoms with Gasteiger partial charge in [-0.15, -0.1) is 0 Å². The summed E-state index contributed by atoms with van der Waals surface area (Å²) in [5, 5.41) is 0. The monoisotopic (exact) mass is 287 g/mol. The molecular weight excluding hydrogens is 270 g/mol. The third kappa shape index (κ3) is 4.84. The number of methoxy groups -OCH3 is 1. The first-order valence-electron chi connectivity index (χ1n) is 5.58. The van der Waals surface area contributed by atoms with Gasteiger partial charge in [-0.25, -0.2) is 0 Å². The van der Waals surface area contributed by atoms with E-state index in [-0.39, 0.29) is 13.0 Å². The van der Waals surface area contributed by atoms with Gasteiger partial charge in [-0.05, 0) is 19.1 Å². The number of nitrogens with zero attached hydrogens (tertiary/aromatic N) is 2. The Morgan fingerprint density at radius 1 is 1.53 bits per heavy atom. The summed E-state index contributed by atoms with van der Waals surface area (Å²) in [5.74, 6) is -0.457. The average molecular weight is 287 g/mol. The second-order valence-corrected chi connectivity index (χ2v) is 5.72. The molecule has 0 bridgehead atoms. The van der Waals surface area contributed by atoms with Crippen molar-refractivity contribution in [3.8, 4) is 0 Å². The Kier molecular flexibility index (Phi) is 5.25. The Hall–Kier alpha value is -1.67. The average Bonchev–Trinajstić information content (AvgIpc) is 2.34. The topological polar surface area (TPSA) is 88.6 Å². The number of aryl methyl sites for hydroxylation is 1. The maximum Gasteiger partial charge on any atom is 0.306 e. The zero-order valence-corrected chi connectivity index (χ0v) is 11.9. The molecule has 19 heavy (non-hydrogen) atoms. The lowest BCUT2D eigenvalue weighted by Crippen LogP contribution is -2.34. The second-order valence-electron chi connectivity index (χ2n) is 3.94. The second kappa shape index (κ2) is 6.48. The van der Waals surface area contributed by atoms with E-state index < -0.39 is 16.2 Å². The van der Waals surface area contributed by atoms with Crippen LogP contribution in [0.25, 0.3) is 0 Å². The molecule has 1 N–H and O–H groups in total. The molecular formula is C11H17N3O4S. The van der Waals surface area contributed by atoms with Crippen LogP contribution in [0, 0.1) is 6.92 Å². The number of carbonyl (C=O) groups is 1. The highest BCUT2D eigenvalue weighted by Crippen LogP contribution is 2.11. The van der Waals surface area contributed by atoms with Gasteiger partial charge in [0, 0.05) is 25.5 Å². The van der Waals surface area contributed by atoms with Gasteiger partial charge in [0.2, 0.25) is 0 Å². The number of hydrogen-bond donors (Lipinski definition) is 1. The van der Waals surface area contributed by atoms with Crippen molar-refractivity contribution in [1.82, 2.24) is 9.29 Å². The zero-order valence-electron chi connectivity index (χ0n) is 11.1. The predicted molar refractivity (Wildman–Crippen MR) is 70.8 cm³/mol. The van der Waals surface area contributed by atoms with Crippen molar-refractivity contribution in [3.05, 3.63) is 24.0 Å². The van der Waals surface area contributed by atoms with Gasteiger partial charge in [0.05, 0.1) is 19.2 Å². The Morgan fingerprint density at radius 3 is 2.79 bits per heavy atom. The van der Waals surface area contributed by atoms with Crippen LogP contribution in [0.3, 0.4) is 0 Å². The summed E-state index contributed by atoms with van der Waals surface area (Å²) in [6, 6.07) is 3.17. The van der Waals surface area contributed by atoms with E-state index in [1.807, 2.05) is 0 Å². The van der Waals surface area contributed by atoms with Gasteiger partial charge < -0.3 is 4.74 Å². The van der Waals surface area contributed by atoms with E-state index >= 15 is 0 Å². The SMILES string of the molecule is COC(=O)CCN(C)S(=O)(=O)Nc1ccnc(C)c1. The van der Waals surface area contributed by atoms with Crippen molar-refractivity contribution in [2.45, 2.75) is 13.3 Å². The van der Waals surface area contributed by atoms with E-state index in [0.717, 1.165) is 4.31 Å². The number of pyridine rings is 1. The Balaban J connectivity index is 2.67. The number of carbonyl (C=O) groups excluding carboxylic acids is 1. The summed E-state index contributed by atoms with van der Waals surface area (Å²) in [7, 11) is -1.04. The molecule has 0 aromatic carbocycles. The van der Waals surface area contributed by atoms with Crippen LogP contribution in [0.5, 0.6) is 0 Å². The molecule has 0 unspecified atom stereocenters. The first-order chi connectivity index (χ1) is 8.85. The van der Waals surface area contributed by atoms with Crippen LogP contribution in [-0.4, -0.2) is 44.4 Å². The summed E-state index contributed by atoms with van der Waals surface area (Å²) in [4.78, 5) is 14.9. The smallest absolute Gasteiger partial charge is 0.306 e. The molecule has 7 nitrogen and oxygen atoms in total. The molecule has 0 amide bonds. The van der Waals surface area contributed by atoms with E-state index in [4.69, 9.17) is 0 Å². The fraction of sp³-hybridized carbons (Fsp3) is 0.455. The number of aromatic nitrogens is 1. The van der Waals surface area contributed by atoms with E-state index in [0.29, 0.717) is 11.4 Å². The molecule has 8 heteroatoms. The highest BCUT2D eigenvalue weighted by atomic mass is 32.2. The van der Waals surface area contributed by atoms with Crippen LogP contribution in [0.15, 0.2) is 18.3 Å². The van der Waals surface area contributed by atoms with Crippen LogP contribution in [0.4, 0.5) is 5.69 Å². The van der Waals surface area contributed by atoms with Gasteiger partial charge in [0.25, 0.3) is 0 Å². The predicted octanol–water partition coefficient (Wildman–Crippen LogP) is 0.542. The molecule has 0 spiro atoms. The number of hydrogen-bond acceptors (Lipinski definition) is 5. The molecule has 0 atom stereocenters. The van der Waals surface area contributed by atoms with Gasteiger partial charge in [-0.2, -0.15) is 12.7 Å². The highest BCUT2D eigenvalue weighted by molar-refractivity contribution is 7.90. The minimum atomic E-state index is -3.69. The lowest BCUT2D eigenvalue weighted by atomic mass is 10.3. The van der Waals surface area contributed by atoms with E-state index in [1.165, 1.54) is 20.4 Å². The minimum absolute atomic E-state index is 0.00326. The summed E-state index contributed by atoms with van der Waals surface area (Å²) in [5.41, 5.74) is 1.13. The Bertz CT molecular complexity index is 545. The summed E-state index contributed by atoms with van der Waals surface area (Å²) in [6.07, 6.45) is 1.52. The zero-order chi connectivity index (χ0) is 14.5. The molecule has 1 rings (SSSR count). The van der Waals surface area contributed by atoms with E-state index in [1.54, 1.807) is 19.1 Å². The normalized spacial score (nSPS) is 11.4. The molecule has 0 aliphatic carbocycles. The maximum atomic E-state index is 12.0. The van der Waals surface area contributed by atoms with Gasteiger partial charge in [0.15, 0.2) is 0 Å². The fourth-order valence-corrected chi connectivity index (χ4v) is 2.22. The van der Waals surface area contributed by atoms with E-state index in [2.05, 4.69) is 14.4 Å². The van der Waals surface area contributed by atoms with Crippen molar-refractivity contribution in [2.24, 2.45) is 0 Å². The first kappa shape index (κ1) is 15.4. The highest BCUT2D eigenvalue weighted by Gasteiger charge is 2.18. The first-order valence-corrected chi connectivity index (χ1v) is 7.02. The molecule has 0 radical (unpaired) electrons. The molecule has 1 heterocycles. The van der Waals surface area contributed by atoms with Crippen molar-refractivity contribution >= 4 is 21.9 Å². The molecule has 0 fully saturated rings. The van der Waals surface area contributed by atoms with Crippen LogP contribution in [0.1, 0.15) is 12.1 Å². The standard InChI is InChI=1S/C11H17N3O4S/c1-9-8-10(4-6-12-9)13-19(16,17)14(2)7-5-11(15)18-3/h4,6,8H,5,7H2,1-3H3,(H,12,13). The number of nitrogens with one attached hydrogen (secondary N) is 1. The van der Waals surface area contributed by atoms with Crippen molar-refractivity contribution in [2.75, 3.05) is 25.4 Å². The van der Waals surface area contributed by atoms with Crippen molar-refractivity contribution in [1.29, 1.82) is 0 Å². The molecule has 1 aromatic heterocycles. The van der Waals surface area contributed by atoms with Gasteiger partial charge >= 0.3 is 16.2 Å². The molecule has 1 aromatic rings. The summed E-state index contributed by atoms with van der Waals surface area (Å²) in [6.45, 7) is 1.81. The molecule has 0 aliphatic heterocycles. The number of rotatable bonds is 6. The van der Waals surface area contributed by atoms with E-state index in [9.17, 15) is 13.2 Å². The van der Waals surface area contributed by atoms with Gasteiger partial charge in [-0.3, -0.25) is 14.5 Å². The lowest BCUT2D eigenvalue weighted by molar-refractivity contribution is -0.140.